The number of aromatic nitrogens is 3. The largest absolute Gasteiger partial charge is 0.473 e. The van der Waals surface area contributed by atoms with E-state index < -0.39 is 5.41 Å². The Hall–Kier alpha value is -1.91. The lowest BCUT2D eigenvalue weighted by Gasteiger charge is -2.17. The third kappa shape index (κ3) is 3.23. The molecule has 0 saturated heterocycles. The molecule has 21 heavy (non-hydrogen) atoms. The molecule has 0 amide bonds. The van der Waals surface area contributed by atoms with E-state index in [-0.39, 0.29) is 11.9 Å². The minimum atomic E-state index is -0.459. The fourth-order valence-electron chi connectivity index (χ4n) is 1.84. The number of Topliss-reactive ketones (excluding diaryl/α,β-unsaturated/α-hetero) is 1. The van der Waals surface area contributed by atoms with Crippen molar-refractivity contribution in [1.29, 1.82) is 0 Å². The van der Waals surface area contributed by atoms with Gasteiger partial charge in [0.25, 0.3) is 0 Å². The first-order valence-corrected chi connectivity index (χ1v) is 7.25. The maximum atomic E-state index is 12.5. The predicted octanol–water partition coefficient (Wildman–Crippen LogP) is 3.61. The fourth-order valence-corrected chi connectivity index (χ4v) is 1.84. The van der Waals surface area contributed by atoms with Gasteiger partial charge in [0.15, 0.2) is 11.4 Å². The number of ether oxygens (including phenoxy) is 1. The summed E-state index contributed by atoms with van der Waals surface area (Å²) in [6, 6.07) is 0. The molecule has 0 bridgehead atoms. The summed E-state index contributed by atoms with van der Waals surface area (Å²) in [7, 11) is 0. The Morgan fingerprint density at radius 2 is 1.95 bits per heavy atom. The van der Waals surface area contributed by atoms with Crippen molar-refractivity contribution in [1.82, 2.24) is 15.0 Å². The van der Waals surface area contributed by atoms with Crippen LogP contribution in [0.2, 0.25) is 0 Å². The van der Waals surface area contributed by atoms with E-state index in [1.165, 1.54) is 0 Å². The molecule has 0 aliphatic carbocycles. The minimum absolute atomic E-state index is 0.0390. The van der Waals surface area contributed by atoms with Gasteiger partial charge < -0.3 is 9.72 Å². The van der Waals surface area contributed by atoms with E-state index in [9.17, 15) is 4.79 Å². The molecule has 2 heterocycles. The summed E-state index contributed by atoms with van der Waals surface area (Å²) in [5.74, 6) is 0.868. The highest BCUT2D eigenvalue weighted by Gasteiger charge is 2.26. The summed E-state index contributed by atoms with van der Waals surface area (Å²) >= 11 is 0. The van der Waals surface area contributed by atoms with Crippen LogP contribution in [0.3, 0.4) is 0 Å². The Balaban J connectivity index is 2.40. The van der Waals surface area contributed by atoms with Gasteiger partial charge in [-0.1, -0.05) is 34.6 Å². The summed E-state index contributed by atoms with van der Waals surface area (Å²) in [6.07, 6.45) is 3.30. The number of fused-ring (bicyclic) bond motifs is 1. The highest BCUT2D eigenvalue weighted by Crippen LogP contribution is 2.26. The van der Waals surface area contributed by atoms with Crippen LogP contribution in [0.5, 0.6) is 5.88 Å². The van der Waals surface area contributed by atoms with Crippen molar-refractivity contribution in [2.24, 2.45) is 11.3 Å². The number of aromatic amines is 1. The monoisotopic (exact) mass is 289 g/mol. The van der Waals surface area contributed by atoms with Crippen molar-refractivity contribution in [3.8, 4) is 5.88 Å². The Morgan fingerprint density at radius 3 is 2.52 bits per heavy atom. The average Bonchev–Trinajstić information content (AvgIpc) is 2.79. The highest BCUT2D eigenvalue weighted by molar-refractivity contribution is 6.08. The van der Waals surface area contributed by atoms with Crippen LogP contribution in [0.15, 0.2) is 12.4 Å². The zero-order chi connectivity index (χ0) is 15.8. The molecule has 0 aromatic carbocycles. The lowest BCUT2D eigenvalue weighted by atomic mass is 9.87. The first-order chi connectivity index (χ1) is 9.70. The van der Waals surface area contributed by atoms with Crippen LogP contribution in [0.4, 0.5) is 0 Å². The number of nitrogens with zero attached hydrogens (tertiary/aromatic N) is 2. The van der Waals surface area contributed by atoms with Crippen molar-refractivity contribution in [3.05, 3.63) is 18.0 Å². The Labute approximate surface area is 125 Å². The molecule has 0 spiro atoms. The van der Waals surface area contributed by atoms with Crippen LogP contribution in [0.1, 0.15) is 51.9 Å². The molecule has 0 fully saturated rings. The van der Waals surface area contributed by atoms with Gasteiger partial charge in [0.05, 0.1) is 17.9 Å². The van der Waals surface area contributed by atoms with Crippen molar-refractivity contribution in [2.45, 2.75) is 47.6 Å². The number of nitrogens with one attached hydrogen (secondary N) is 1. The quantitative estimate of drug-likeness (QED) is 0.873. The normalized spacial score (nSPS) is 13.7. The molecule has 1 N–H and O–H groups in total. The Kier molecular flexibility index (Phi) is 4.03. The van der Waals surface area contributed by atoms with E-state index in [1.807, 2.05) is 27.7 Å². The molecule has 0 saturated carbocycles. The summed E-state index contributed by atoms with van der Waals surface area (Å²) in [5.41, 5.74) is 1.28. The van der Waals surface area contributed by atoms with E-state index in [1.54, 1.807) is 12.4 Å². The van der Waals surface area contributed by atoms with Gasteiger partial charge in [0, 0.05) is 11.6 Å². The number of carbonyl (C=O) groups is 1. The van der Waals surface area contributed by atoms with Crippen molar-refractivity contribution in [2.75, 3.05) is 0 Å². The molecule has 0 aliphatic rings. The van der Waals surface area contributed by atoms with Gasteiger partial charge >= 0.3 is 0 Å². The Bertz CT molecular complexity index is 653. The molecule has 1 unspecified atom stereocenters. The van der Waals surface area contributed by atoms with Crippen LogP contribution >= 0.6 is 0 Å². The third-order valence-corrected chi connectivity index (χ3v) is 3.53. The number of hydrogen-bond acceptors (Lipinski definition) is 4. The van der Waals surface area contributed by atoms with Gasteiger partial charge in [-0.25, -0.2) is 9.97 Å². The predicted molar refractivity (Wildman–Crippen MR) is 82.6 cm³/mol. The van der Waals surface area contributed by atoms with Gasteiger partial charge in [-0.2, -0.15) is 0 Å². The summed E-state index contributed by atoms with van der Waals surface area (Å²) in [5, 5.41) is 0. The third-order valence-electron chi connectivity index (χ3n) is 3.53. The van der Waals surface area contributed by atoms with Crippen LogP contribution in [0, 0.1) is 11.3 Å². The molecule has 2 rings (SSSR count). The SMILES string of the molecule is CC(C)C(C)Oc1cnc2[nH]cc(C(=O)C(C)(C)C)c2n1. The molecular weight excluding hydrogens is 266 g/mol. The number of carbonyl (C=O) groups excluding carboxylic acids is 1. The average molecular weight is 289 g/mol. The zero-order valence-corrected chi connectivity index (χ0v) is 13.5. The number of hydrogen-bond donors (Lipinski definition) is 1. The molecule has 114 valence electrons. The van der Waals surface area contributed by atoms with Crippen LogP contribution in [-0.2, 0) is 0 Å². The molecule has 5 heteroatoms. The lowest BCUT2D eigenvalue weighted by molar-refractivity contribution is 0.0860. The molecule has 0 radical (unpaired) electrons. The topological polar surface area (TPSA) is 67.9 Å². The van der Waals surface area contributed by atoms with Gasteiger partial charge in [-0.05, 0) is 12.8 Å². The minimum Gasteiger partial charge on any atom is -0.473 e. The molecule has 5 nitrogen and oxygen atoms in total. The second kappa shape index (κ2) is 5.47. The highest BCUT2D eigenvalue weighted by atomic mass is 16.5. The van der Waals surface area contributed by atoms with Crippen LogP contribution in [-0.4, -0.2) is 26.8 Å². The number of ketones is 1. The molecular formula is C16H23N3O2. The molecule has 1 atom stereocenters. The molecule has 2 aromatic rings. The molecule has 0 aliphatic heterocycles. The van der Waals surface area contributed by atoms with E-state index in [0.29, 0.717) is 28.5 Å². The van der Waals surface area contributed by atoms with E-state index in [0.717, 1.165) is 0 Å². The second-order valence-corrected chi connectivity index (χ2v) is 6.75. The number of rotatable bonds is 4. The fraction of sp³-hybridized carbons (Fsp3) is 0.562. The van der Waals surface area contributed by atoms with Gasteiger partial charge in [0.2, 0.25) is 5.88 Å². The van der Waals surface area contributed by atoms with Gasteiger partial charge in [-0.3, -0.25) is 4.79 Å². The van der Waals surface area contributed by atoms with Crippen LogP contribution in [0.25, 0.3) is 11.2 Å². The van der Waals surface area contributed by atoms with E-state index in [4.69, 9.17) is 4.74 Å². The summed E-state index contributed by atoms with van der Waals surface area (Å²) in [6.45, 7) is 11.8. The summed E-state index contributed by atoms with van der Waals surface area (Å²) in [4.78, 5) is 24.2. The van der Waals surface area contributed by atoms with Crippen molar-refractivity contribution < 1.29 is 9.53 Å². The second-order valence-electron chi connectivity index (χ2n) is 6.75. The maximum Gasteiger partial charge on any atom is 0.233 e. The molecule has 2 aromatic heterocycles. The maximum absolute atomic E-state index is 12.5. The van der Waals surface area contributed by atoms with Gasteiger partial charge in [-0.15, -0.1) is 0 Å². The van der Waals surface area contributed by atoms with Gasteiger partial charge in [0.1, 0.15) is 5.52 Å². The number of H-pyrrole nitrogens is 1. The first-order valence-electron chi connectivity index (χ1n) is 7.25. The zero-order valence-electron chi connectivity index (χ0n) is 13.5. The smallest absolute Gasteiger partial charge is 0.233 e. The standard InChI is InChI=1S/C16H23N3O2/c1-9(2)10(3)21-12-8-18-15-13(19-12)11(7-17-15)14(20)16(4,5)6/h7-10H,1-6H3,(H,17,18). The van der Waals surface area contributed by atoms with Crippen LogP contribution < -0.4 is 4.74 Å². The summed E-state index contributed by atoms with van der Waals surface area (Å²) < 4.78 is 5.77. The Morgan fingerprint density at radius 1 is 1.29 bits per heavy atom. The van der Waals surface area contributed by atoms with Crippen molar-refractivity contribution in [3.63, 3.8) is 0 Å². The first kappa shape index (κ1) is 15.5. The lowest BCUT2D eigenvalue weighted by Crippen LogP contribution is -2.20. The van der Waals surface area contributed by atoms with Crippen molar-refractivity contribution >= 4 is 16.9 Å². The van der Waals surface area contributed by atoms with E-state index >= 15 is 0 Å². The van der Waals surface area contributed by atoms with E-state index in [2.05, 4.69) is 28.8 Å².